The number of unbranched alkanes of at least 4 members (excludes halogenated alkanes) is 1. The van der Waals surface area contributed by atoms with E-state index in [0.29, 0.717) is 12.5 Å². The fraction of sp³-hybridized carbons (Fsp3) is 0.286. The third-order valence-electron chi connectivity index (χ3n) is 4.19. The summed E-state index contributed by atoms with van der Waals surface area (Å²) in [6.07, 6.45) is 5.92. The molecule has 0 saturated carbocycles. The standard InChI is InChI=1S/C21H25N5/c1-3-4-13-26(2)20-14-19(18-10-6-5-7-11-18)24-21(25-20)23-16-17-9-8-12-22-15-17/h5-12,14-15H,3-4,13,16H2,1-2H3,(H,23,24,25). The van der Waals surface area contributed by atoms with Crippen LogP contribution < -0.4 is 10.2 Å². The van der Waals surface area contributed by atoms with E-state index in [4.69, 9.17) is 9.97 Å². The lowest BCUT2D eigenvalue weighted by Crippen LogP contribution is -2.20. The second kappa shape index (κ2) is 8.94. The molecule has 2 heterocycles. The fourth-order valence-electron chi connectivity index (χ4n) is 2.66. The Labute approximate surface area is 155 Å². The molecule has 0 aliphatic rings. The Bertz CT molecular complexity index is 805. The van der Waals surface area contributed by atoms with Crippen LogP contribution in [0.15, 0.2) is 60.9 Å². The minimum Gasteiger partial charge on any atom is -0.359 e. The summed E-state index contributed by atoms with van der Waals surface area (Å²) in [5, 5.41) is 3.33. The van der Waals surface area contributed by atoms with Gasteiger partial charge in [-0.15, -0.1) is 0 Å². The number of anilines is 2. The van der Waals surface area contributed by atoms with Gasteiger partial charge in [0.05, 0.1) is 5.69 Å². The highest BCUT2D eigenvalue weighted by atomic mass is 15.2. The van der Waals surface area contributed by atoms with Gasteiger partial charge >= 0.3 is 0 Å². The van der Waals surface area contributed by atoms with E-state index in [1.54, 1.807) is 6.20 Å². The van der Waals surface area contributed by atoms with E-state index in [9.17, 15) is 0 Å². The first-order valence-corrected chi connectivity index (χ1v) is 9.04. The summed E-state index contributed by atoms with van der Waals surface area (Å²) < 4.78 is 0. The van der Waals surface area contributed by atoms with Crippen molar-refractivity contribution in [3.05, 3.63) is 66.5 Å². The number of hydrogen-bond acceptors (Lipinski definition) is 5. The average Bonchev–Trinajstić information content (AvgIpc) is 2.71. The topological polar surface area (TPSA) is 53.9 Å². The first-order valence-electron chi connectivity index (χ1n) is 9.04. The molecule has 2 aromatic heterocycles. The molecule has 3 aromatic rings. The largest absolute Gasteiger partial charge is 0.359 e. The number of nitrogens with one attached hydrogen (secondary N) is 1. The van der Waals surface area contributed by atoms with Gasteiger partial charge in [0.2, 0.25) is 5.95 Å². The van der Waals surface area contributed by atoms with Crippen LogP contribution in [0.2, 0.25) is 0 Å². The van der Waals surface area contributed by atoms with Crippen molar-refractivity contribution in [1.29, 1.82) is 0 Å². The number of nitrogens with zero attached hydrogens (tertiary/aromatic N) is 4. The minimum absolute atomic E-state index is 0.633. The molecule has 0 spiro atoms. The second-order valence-electron chi connectivity index (χ2n) is 6.29. The Kier molecular flexibility index (Phi) is 6.14. The highest BCUT2D eigenvalue weighted by Crippen LogP contribution is 2.23. The van der Waals surface area contributed by atoms with Gasteiger partial charge in [0.1, 0.15) is 5.82 Å². The molecule has 1 aromatic carbocycles. The van der Waals surface area contributed by atoms with Gasteiger partial charge in [0, 0.05) is 44.2 Å². The van der Waals surface area contributed by atoms with Crippen molar-refractivity contribution in [3.8, 4) is 11.3 Å². The maximum absolute atomic E-state index is 4.71. The van der Waals surface area contributed by atoms with Crippen LogP contribution in [-0.4, -0.2) is 28.5 Å². The van der Waals surface area contributed by atoms with Gasteiger partial charge in [0.25, 0.3) is 0 Å². The first-order chi connectivity index (χ1) is 12.8. The van der Waals surface area contributed by atoms with E-state index in [1.165, 1.54) is 0 Å². The molecular formula is C21H25N5. The van der Waals surface area contributed by atoms with Crippen molar-refractivity contribution in [2.45, 2.75) is 26.3 Å². The van der Waals surface area contributed by atoms with Gasteiger partial charge in [-0.3, -0.25) is 4.98 Å². The van der Waals surface area contributed by atoms with Crippen LogP contribution in [0.1, 0.15) is 25.3 Å². The lowest BCUT2D eigenvalue weighted by atomic mass is 10.1. The summed E-state index contributed by atoms with van der Waals surface area (Å²) in [4.78, 5) is 15.8. The van der Waals surface area contributed by atoms with Gasteiger partial charge in [-0.1, -0.05) is 49.7 Å². The Morgan fingerprint density at radius 2 is 1.88 bits per heavy atom. The molecule has 0 unspecified atom stereocenters. The molecule has 0 bridgehead atoms. The SMILES string of the molecule is CCCCN(C)c1cc(-c2ccccc2)nc(NCc2cccnc2)n1. The quantitative estimate of drug-likeness (QED) is 0.655. The highest BCUT2D eigenvalue weighted by molar-refractivity contribution is 5.64. The molecular weight excluding hydrogens is 322 g/mol. The van der Waals surface area contributed by atoms with Gasteiger partial charge in [-0.2, -0.15) is 4.98 Å². The molecule has 0 aliphatic heterocycles. The minimum atomic E-state index is 0.633. The monoisotopic (exact) mass is 347 g/mol. The highest BCUT2D eigenvalue weighted by Gasteiger charge is 2.10. The van der Waals surface area contributed by atoms with E-state index >= 15 is 0 Å². The van der Waals surface area contributed by atoms with Crippen LogP contribution in [0.5, 0.6) is 0 Å². The molecule has 134 valence electrons. The van der Waals surface area contributed by atoms with Crippen molar-refractivity contribution in [3.63, 3.8) is 0 Å². The molecule has 0 atom stereocenters. The molecule has 5 heteroatoms. The van der Waals surface area contributed by atoms with Gasteiger partial charge in [-0.25, -0.2) is 4.98 Å². The summed E-state index contributed by atoms with van der Waals surface area (Å²) >= 11 is 0. The smallest absolute Gasteiger partial charge is 0.225 e. The van der Waals surface area contributed by atoms with Crippen LogP contribution in [0.3, 0.4) is 0 Å². The van der Waals surface area contributed by atoms with Crippen molar-refractivity contribution in [1.82, 2.24) is 15.0 Å². The Morgan fingerprint density at radius 1 is 1.04 bits per heavy atom. The maximum atomic E-state index is 4.71. The molecule has 26 heavy (non-hydrogen) atoms. The zero-order chi connectivity index (χ0) is 18.2. The van der Waals surface area contributed by atoms with Crippen LogP contribution in [-0.2, 0) is 6.54 Å². The Balaban J connectivity index is 1.87. The van der Waals surface area contributed by atoms with Crippen molar-refractivity contribution >= 4 is 11.8 Å². The Morgan fingerprint density at radius 3 is 2.62 bits per heavy atom. The zero-order valence-electron chi connectivity index (χ0n) is 15.4. The molecule has 0 radical (unpaired) electrons. The maximum Gasteiger partial charge on any atom is 0.225 e. The van der Waals surface area contributed by atoms with Crippen LogP contribution >= 0.6 is 0 Å². The molecule has 3 rings (SSSR count). The number of pyridine rings is 1. The van der Waals surface area contributed by atoms with E-state index in [0.717, 1.165) is 42.0 Å². The van der Waals surface area contributed by atoms with Crippen LogP contribution in [0.25, 0.3) is 11.3 Å². The van der Waals surface area contributed by atoms with E-state index in [1.807, 2.05) is 36.5 Å². The van der Waals surface area contributed by atoms with Crippen molar-refractivity contribution < 1.29 is 0 Å². The number of aromatic nitrogens is 3. The van der Waals surface area contributed by atoms with E-state index < -0.39 is 0 Å². The summed E-state index contributed by atoms with van der Waals surface area (Å²) in [7, 11) is 2.08. The number of hydrogen-bond donors (Lipinski definition) is 1. The van der Waals surface area contributed by atoms with Crippen molar-refractivity contribution in [2.75, 3.05) is 23.8 Å². The predicted octanol–water partition coefficient (Wildman–Crippen LogP) is 4.39. The van der Waals surface area contributed by atoms with Gasteiger partial charge in [0.15, 0.2) is 0 Å². The van der Waals surface area contributed by atoms with Gasteiger partial charge in [-0.05, 0) is 18.1 Å². The summed E-state index contributed by atoms with van der Waals surface area (Å²) in [6, 6.07) is 16.2. The van der Waals surface area contributed by atoms with Gasteiger partial charge < -0.3 is 10.2 Å². The summed E-state index contributed by atoms with van der Waals surface area (Å²) in [5.41, 5.74) is 3.11. The normalized spacial score (nSPS) is 10.5. The number of benzene rings is 1. The van der Waals surface area contributed by atoms with E-state index in [2.05, 4.69) is 47.4 Å². The average molecular weight is 347 g/mol. The summed E-state index contributed by atoms with van der Waals surface area (Å²) in [6.45, 7) is 3.82. The lowest BCUT2D eigenvalue weighted by molar-refractivity contribution is 0.758. The molecule has 0 fully saturated rings. The summed E-state index contributed by atoms with van der Waals surface area (Å²) in [5.74, 6) is 1.56. The lowest BCUT2D eigenvalue weighted by Gasteiger charge is -2.19. The third kappa shape index (κ3) is 4.79. The third-order valence-corrected chi connectivity index (χ3v) is 4.19. The van der Waals surface area contributed by atoms with Crippen LogP contribution in [0.4, 0.5) is 11.8 Å². The molecule has 0 amide bonds. The molecule has 1 N–H and O–H groups in total. The first kappa shape index (κ1) is 17.9. The zero-order valence-corrected chi connectivity index (χ0v) is 15.4. The fourth-order valence-corrected chi connectivity index (χ4v) is 2.66. The van der Waals surface area contributed by atoms with Crippen molar-refractivity contribution in [2.24, 2.45) is 0 Å². The number of rotatable bonds is 8. The predicted molar refractivity (Wildman–Crippen MR) is 107 cm³/mol. The second-order valence-corrected chi connectivity index (χ2v) is 6.29. The molecule has 0 saturated heterocycles. The van der Waals surface area contributed by atoms with Crippen LogP contribution in [0, 0.1) is 0 Å². The molecule has 5 nitrogen and oxygen atoms in total. The Hall–Kier alpha value is -2.95. The molecule has 0 aliphatic carbocycles. The van der Waals surface area contributed by atoms with E-state index in [-0.39, 0.29) is 0 Å².